The van der Waals surface area contributed by atoms with Crippen molar-refractivity contribution in [1.82, 2.24) is 5.32 Å². The van der Waals surface area contributed by atoms with Crippen molar-refractivity contribution in [1.29, 1.82) is 0 Å². The van der Waals surface area contributed by atoms with Crippen LogP contribution >= 0.6 is 0 Å². The lowest BCUT2D eigenvalue weighted by molar-refractivity contribution is -0.216. The molecule has 13 heteroatoms. The van der Waals surface area contributed by atoms with E-state index in [1.54, 1.807) is 0 Å². The van der Waals surface area contributed by atoms with Crippen LogP contribution in [0.15, 0.2) is 45.7 Å². The van der Waals surface area contributed by atoms with Gasteiger partial charge in [-0.1, -0.05) is 45.7 Å². The molecule has 1 amide bonds. The number of amides is 1. The first kappa shape index (κ1) is 20.8. The first-order valence-corrected chi connectivity index (χ1v) is 8.28. The van der Waals surface area contributed by atoms with Gasteiger partial charge in [0.25, 0.3) is 0 Å². The van der Waals surface area contributed by atoms with E-state index in [4.69, 9.17) is 26.1 Å². The summed E-state index contributed by atoms with van der Waals surface area (Å²) >= 11 is 0. The average Bonchev–Trinajstić information content (AvgIpc) is 2.69. The Labute approximate surface area is 159 Å². The summed E-state index contributed by atoms with van der Waals surface area (Å²) in [5.74, 6) is -0.424. The summed E-state index contributed by atoms with van der Waals surface area (Å²) in [7, 11) is 0. The van der Waals surface area contributed by atoms with E-state index < -0.39 is 36.4 Å². The van der Waals surface area contributed by atoms with Crippen molar-refractivity contribution in [2.24, 2.45) is 15.3 Å². The zero-order valence-electron chi connectivity index (χ0n) is 14.9. The Balaban J connectivity index is 2.34. The SMILES string of the molecule is CC(=O)N[C@H]1[C@@H](N=[N+]=[N-])[C@H](OCc2ccccc2)O[C@@H](CN=[N+]=[N-])[C@H]1N=[N+]=[N-]. The Kier molecular flexibility index (Phi) is 7.92. The molecule has 1 aromatic rings. The van der Waals surface area contributed by atoms with Gasteiger partial charge in [-0.15, -0.1) is 0 Å². The number of carbonyl (C=O) groups excluding carboxylic acids is 1. The van der Waals surface area contributed by atoms with Crippen molar-refractivity contribution in [2.45, 2.75) is 44.1 Å². The summed E-state index contributed by atoms with van der Waals surface area (Å²) in [6.45, 7) is 1.26. The van der Waals surface area contributed by atoms with Crippen molar-refractivity contribution in [3.8, 4) is 0 Å². The summed E-state index contributed by atoms with van der Waals surface area (Å²) in [5, 5.41) is 13.4. The molecule has 5 atom stereocenters. The van der Waals surface area contributed by atoms with Gasteiger partial charge in [-0.3, -0.25) is 4.79 Å². The summed E-state index contributed by atoms with van der Waals surface area (Å²) in [6.07, 6.45) is -1.94. The van der Waals surface area contributed by atoms with Crippen LogP contribution in [-0.2, 0) is 20.9 Å². The summed E-state index contributed by atoms with van der Waals surface area (Å²) in [5.41, 5.74) is 27.3. The first-order valence-electron chi connectivity index (χ1n) is 8.28. The fourth-order valence-corrected chi connectivity index (χ4v) is 2.89. The molecule has 0 unspecified atom stereocenters. The van der Waals surface area contributed by atoms with Gasteiger partial charge in [-0.05, 0) is 22.2 Å². The number of carbonyl (C=O) groups is 1. The molecular weight excluding hydrogens is 368 g/mol. The Hall–Kier alpha value is -3.46. The molecule has 0 spiro atoms. The molecule has 146 valence electrons. The standard InChI is InChI=1S/C15H18N10O3/c1-9(26)20-13-12(21-24-17)11(7-19-23-16)28-15(14(13)22-25-18)27-8-10-5-3-2-4-6-10/h2-6,11-15H,7-8H2,1H3,(H,20,26)/t11-,12+,13+,14+,15+/m0/s1. The fourth-order valence-electron chi connectivity index (χ4n) is 2.89. The van der Waals surface area contributed by atoms with Crippen LogP contribution in [-0.4, -0.2) is 43.0 Å². The minimum absolute atomic E-state index is 0.149. The minimum atomic E-state index is -1.06. The van der Waals surface area contributed by atoms with Crippen LogP contribution in [0.2, 0.25) is 0 Å². The molecule has 0 bridgehead atoms. The monoisotopic (exact) mass is 386 g/mol. The molecule has 28 heavy (non-hydrogen) atoms. The number of hydrogen-bond donors (Lipinski definition) is 1. The number of ether oxygens (including phenoxy) is 2. The third-order valence-corrected chi connectivity index (χ3v) is 4.03. The highest BCUT2D eigenvalue weighted by Gasteiger charge is 2.46. The third-order valence-electron chi connectivity index (χ3n) is 4.03. The van der Waals surface area contributed by atoms with Crippen LogP contribution in [0, 0.1) is 0 Å². The molecule has 0 radical (unpaired) electrons. The van der Waals surface area contributed by atoms with Gasteiger partial charge in [0.05, 0.1) is 31.3 Å². The van der Waals surface area contributed by atoms with Gasteiger partial charge in [0.15, 0.2) is 6.29 Å². The quantitative estimate of drug-likeness (QED) is 0.408. The Morgan fingerprint density at radius 2 is 1.82 bits per heavy atom. The number of nitrogens with one attached hydrogen (secondary N) is 1. The molecule has 1 aliphatic heterocycles. The van der Waals surface area contributed by atoms with E-state index in [1.807, 2.05) is 30.3 Å². The number of azide groups is 3. The van der Waals surface area contributed by atoms with Crippen LogP contribution in [0.3, 0.4) is 0 Å². The normalized spacial score (nSPS) is 26.1. The van der Waals surface area contributed by atoms with Gasteiger partial charge in [0.2, 0.25) is 5.91 Å². The van der Waals surface area contributed by atoms with Gasteiger partial charge in [0, 0.05) is 21.7 Å². The lowest BCUT2D eigenvalue weighted by Crippen LogP contribution is -2.63. The molecule has 1 aliphatic rings. The molecule has 1 aromatic carbocycles. The van der Waals surface area contributed by atoms with Crippen molar-refractivity contribution >= 4 is 5.91 Å². The van der Waals surface area contributed by atoms with E-state index in [1.165, 1.54) is 6.92 Å². The lowest BCUT2D eigenvalue weighted by atomic mass is 9.92. The van der Waals surface area contributed by atoms with E-state index in [0.29, 0.717) is 0 Å². The second kappa shape index (κ2) is 10.6. The largest absolute Gasteiger partial charge is 0.352 e. The Morgan fingerprint density at radius 1 is 1.14 bits per heavy atom. The molecule has 0 aromatic heterocycles. The summed E-state index contributed by atoms with van der Waals surface area (Å²) in [6, 6.07) is 6.35. The molecule has 0 saturated carbocycles. The van der Waals surface area contributed by atoms with E-state index >= 15 is 0 Å². The Morgan fingerprint density at radius 3 is 2.43 bits per heavy atom. The zero-order chi connectivity index (χ0) is 20.4. The second-order valence-electron chi connectivity index (χ2n) is 5.87. The van der Waals surface area contributed by atoms with Crippen LogP contribution in [0.1, 0.15) is 12.5 Å². The predicted octanol–water partition coefficient (Wildman–Crippen LogP) is 3.10. The topological polar surface area (TPSA) is 194 Å². The number of nitrogens with zero attached hydrogens (tertiary/aromatic N) is 9. The Bertz CT molecular complexity index is 815. The molecule has 2 rings (SSSR count). The average molecular weight is 386 g/mol. The number of rotatable bonds is 8. The van der Waals surface area contributed by atoms with Crippen LogP contribution < -0.4 is 5.32 Å². The predicted molar refractivity (Wildman–Crippen MR) is 97.4 cm³/mol. The molecule has 13 nitrogen and oxygen atoms in total. The van der Waals surface area contributed by atoms with Crippen LogP contribution in [0.4, 0.5) is 0 Å². The highest BCUT2D eigenvalue weighted by Crippen LogP contribution is 2.28. The number of hydrogen-bond acceptors (Lipinski definition) is 6. The molecule has 1 heterocycles. The molecule has 0 aliphatic carbocycles. The van der Waals surface area contributed by atoms with Gasteiger partial charge in [0.1, 0.15) is 6.04 Å². The minimum Gasteiger partial charge on any atom is -0.352 e. The smallest absolute Gasteiger partial charge is 0.217 e. The van der Waals surface area contributed by atoms with Crippen LogP contribution in [0.25, 0.3) is 31.3 Å². The maximum Gasteiger partial charge on any atom is 0.217 e. The number of benzene rings is 1. The highest BCUT2D eigenvalue weighted by atomic mass is 16.7. The fraction of sp³-hybridized carbons (Fsp3) is 0.533. The van der Waals surface area contributed by atoms with E-state index in [2.05, 4.69) is 35.4 Å². The maximum absolute atomic E-state index is 11.7. The summed E-state index contributed by atoms with van der Waals surface area (Å²) < 4.78 is 11.6. The molecule has 1 N–H and O–H groups in total. The maximum atomic E-state index is 11.7. The van der Waals surface area contributed by atoms with E-state index in [-0.39, 0.29) is 13.2 Å². The van der Waals surface area contributed by atoms with Gasteiger partial charge in [-0.25, -0.2) is 0 Å². The van der Waals surface area contributed by atoms with E-state index in [9.17, 15) is 4.79 Å². The first-order chi connectivity index (χ1) is 13.6. The third kappa shape index (κ3) is 5.52. The van der Waals surface area contributed by atoms with Crippen molar-refractivity contribution in [3.63, 3.8) is 0 Å². The van der Waals surface area contributed by atoms with Crippen molar-refractivity contribution in [3.05, 3.63) is 67.2 Å². The molecular formula is C15H18N10O3. The van der Waals surface area contributed by atoms with Crippen molar-refractivity contribution in [2.75, 3.05) is 6.54 Å². The zero-order valence-corrected chi connectivity index (χ0v) is 14.9. The van der Waals surface area contributed by atoms with Gasteiger partial charge >= 0.3 is 0 Å². The highest BCUT2D eigenvalue weighted by molar-refractivity contribution is 5.73. The summed E-state index contributed by atoms with van der Waals surface area (Å²) in [4.78, 5) is 19.9. The second-order valence-corrected chi connectivity index (χ2v) is 5.87. The van der Waals surface area contributed by atoms with Gasteiger partial charge < -0.3 is 14.8 Å². The lowest BCUT2D eigenvalue weighted by Gasteiger charge is -2.43. The molecule has 1 fully saturated rings. The van der Waals surface area contributed by atoms with Crippen LogP contribution in [0.5, 0.6) is 0 Å². The molecule has 1 saturated heterocycles. The van der Waals surface area contributed by atoms with E-state index in [0.717, 1.165) is 5.56 Å². The van der Waals surface area contributed by atoms with Crippen molar-refractivity contribution < 1.29 is 14.3 Å². The van der Waals surface area contributed by atoms with Gasteiger partial charge in [-0.2, -0.15) is 0 Å².